The fourth-order valence-electron chi connectivity index (χ4n) is 2.09. The SMILES string of the molecule is NNC(c1ccc2cccnc2c1)c1ccncn1. The molecule has 19 heavy (non-hydrogen) atoms. The van der Waals surface area contributed by atoms with Gasteiger partial charge in [-0.25, -0.2) is 15.4 Å². The third-order valence-corrected chi connectivity index (χ3v) is 3.03. The fourth-order valence-corrected chi connectivity index (χ4v) is 2.09. The van der Waals surface area contributed by atoms with Gasteiger partial charge in [0.2, 0.25) is 0 Å². The molecule has 0 aliphatic heterocycles. The number of hydrogen-bond donors (Lipinski definition) is 2. The van der Waals surface area contributed by atoms with E-state index >= 15 is 0 Å². The van der Waals surface area contributed by atoms with E-state index in [1.807, 2.05) is 36.4 Å². The second-order valence-electron chi connectivity index (χ2n) is 4.19. The van der Waals surface area contributed by atoms with Gasteiger partial charge in [0.25, 0.3) is 0 Å². The zero-order valence-corrected chi connectivity index (χ0v) is 10.2. The molecule has 3 N–H and O–H groups in total. The van der Waals surface area contributed by atoms with Crippen molar-refractivity contribution < 1.29 is 0 Å². The number of nitrogens with one attached hydrogen (secondary N) is 1. The van der Waals surface area contributed by atoms with Gasteiger partial charge in [-0.15, -0.1) is 0 Å². The van der Waals surface area contributed by atoms with Gasteiger partial charge in [0.1, 0.15) is 6.33 Å². The third-order valence-electron chi connectivity index (χ3n) is 3.03. The molecule has 3 rings (SSSR count). The van der Waals surface area contributed by atoms with E-state index in [9.17, 15) is 0 Å². The van der Waals surface area contributed by atoms with Gasteiger partial charge in [0.15, 0.2) is 0 Å². The van der Waals surface area contributed by atoms with Gasteiger partial charge in [0.05, 0.1) is 17.3 Å². The second-order valence-corrected chi connectivity index (χ2v) is 4.19. The van der Waals surface area contributed by atoms with Crippen molar-refractivity contribution in [2.24, 2.45) is 5.84 Å². The highest BCUT2D eigenvalue weighted by molar-refractivity contribution is 5.79. The summed E-state index contributed by atoms with van der Waals surface area (Å²) in [6.07, 6.45) is 4.99. The van der Waals surface area contributed by atoms with Gasteiger partial charge in [-0.2, -0.15) is 0 Å². The Morgan fingerprint density at radius 2 is 2.00 bits per heavy atom. The van der Waals surface area contributed by atoms with Crippen LogP contribution in [0.2, 0.25) is 0 Å². The van der Waals surface area contributed by atoms with Crippen molar-refractivity contribution in [2.75, 3.05) is 0 Å². The van der Waals surface area contributed by atoms with Gasteiger partial charge in [-0.3, -0.25) is 10.8 Å². The molecule has 0 bridgehead atoms. The third kappa shape index (κ3) is 2.29. The molecule has 1 unspecified atom stereocenters. The normalized spacial score (nSPS) is 12.5. The zero-order valence-electron chi connectivity index (χ0n) is 10.2. The van der Waals surface area contributed by atoms with E-state index in [-0.39, 0.29) is 6.04 Å². The number of rotatable bonds is 3. The molecule has 0 spiro atoms. The minimum Gasteiger partial charge on any atom is -0.271 e. The average molecular weight is 251 g/mol. The number of hydrazine groups is 1. The summed E-state index contributed by atoms with van der Waals surface area (Å²) in [5.41, 5.74) is 5.57. The summed E-state index contributed by atoms with van der Waals surface area (Å²) >= 11 is 0. The minimum absolute atomic E-state index is 0.172. The lowest BCUT2D eigenvalue weighted by Gasteiger charge is -2.15. The molecule has 94 valence electrons. The zero-order chi connectivity index (χ0) is 13.1. The predicted octanol–water partition coefficient (Wildman–Crippen LogP) is 1.58. The molecule has 0 amide bonds. The Morgan fingerprint density at radius 1 is 1.05 bits per heavy atom. The molecule has 0 radical (unpaired) electrons. The molecule has 5 heteroatoms. The maximum absolute atomic E-state index is 5.65. The van der Waals surface area contributed by atoms with E-state index in [2.05, 4.69) is 20.4 Å². The molecule has 1 atom stereocenters. The largest absolute Gasteiger partial charge is 0.271 e. The molecular formula is C14H13N5. The van der Waals surface area contributed by atoms with E-state index in [0.29, 0.717) is 0 Å². The first-order valence-corrected chi connectivity index (χ1v) is 5.95. The van der Waals surface area contributed by atoms with Crippen LogP contribution in [-0.4, -0.2) is 15.0 Å². The summed E-state index contributed by atoms with van der Waals surface area (Å²) in [5.74, 6) is 5.65. The van der Waals surface area contributed by atoms with Crippen LogP contribution in [0.5, 0.6) is 0 Å². The molecule has 0 aliphatic rings. The lowest BCUT2D eigenvalue weighted by atomic mass is 10.0. The summed E-state index contributed by atoms with van der Waals surface area (Å²) in [4.78, 5) is 12.5. The van der Waals surface area contributed by atoms with Crippen LogP contribution in [-0.2, 0) is 0 Å². The maximum atomic E-state index is 5.65. The molecule has 2 heterocycles. The Morgan fingerprint density at radius 3 is 2.79 bits per heavy atom. The summed E-state index contributed by atoms with van der Waals surface area (Å²) in [6, 6.07) is 11.7. The number of nitrogens with two attached hydrogens (primary N) is 1. The Kier molecular flexibility index (Phi) is 3.14. The predicted molar refractivity (Wildman–Crippen MR) is 72.9 cm³/mol. The van der Waals surface area contributed by atoms with Crippen molar-refractivity contribution in [1.82, 2.24) is 20.4 Å². The molecule has 3 aromatic rings. The second kappa shape index (κ2) is 5.09. The van der Waals surface area contributed by atoms with Crippen LogP contribution >= 0.6 is 0 Å². The van der Waals surface area contributed by atoms with Crippen molar-refractivity contribution in [3.63, 3.8) is 0 Å². The fraction of sp³-hybridized carbons (Fsp3) is 0.0714. The number of hydrogen-bond acceptors (Lipinski definition) is 5. The lowest BCUT2D eigenvalue weighted by Crippen LogP contribution is -2.29. The molecule has 1 aromatic carbocycles. The number of benzene rings is 1. The van der Waals surface area contributed by atoms with Crippen molar-refractivity contribution in [3.05, 3.63) is 66.4 Å². The van der Waals surface area contributed by atoms with Gasteiger partial charge in [0, 0.05) is 17.8 Å². The van der Waals surface area contributed by atoms with E-state index in [1.54, 1.807) is 12.4 Å². The monoisotopic (exact) mass is 251 g/mol. The van der Waals surface area contributed by atoms with Crippen molar-refractivity contribution in [2.45, 2.75) is 6.04 Å². The quantitative estimate of drug-likeness (QED) is 0.546. The molecular weight excluding hydrogens is 238 g/mol. The molecule has 2 aromatic heterocycles. The first-order chi connectivity index (χ1) is 9.38. The highest BCUT2D eigenvalue weighted by Crippen LogP contribution is 2.22. The van der Waals surface area contributed by atoms with Gasteiger partial charge in [-0.1, -0.05) is 18.2 Å². The van der Waals surface area contributed by atoms with Crippen LogP contribution < -0.4 is 11.3 Å². The van der Waals surface area contributed by atoms with Crippen LogP contribution in [0.15, 0.2) is 55.1 Å². The van der Waals surface area contributed by atoms with E-state index in [0.717, 1.165) is 22.2 Å². The van der Waals surface area contributed by atoms with E-state index < -0.39 is 0 Å². The average Bonchev–Trinajstić information content (AvgIpc) is 2.49. The number of pyridine rings is 1. The van der Waals surface area contributed by atoms with Gasteiger partial charge >= 0.3 is 0 Å². The summed E-state index contributed by atoms with van der Waals surface area (Å²) < 4.78 is 0. The van der Waals surface area contributed by atoms with Crippen LogP contribution in [0.3, 0.4) is 0 Å². The minimum atomic E-state index is -0.172. The Bertz CT molecular complexity index is 683. The van der Waals surface area contributed by atoms with Crippen LogP contribution in [0.4, 0.5) is 0 Å². The Labute approximate surface area is 110 Å². The topological polar surface area (TPSA) is 76.7 Å². The van der Waals surface area contributed by atoms with Crippen LogP contribution in [0.25, 0.3) is 10.9 Å². The van der Waals surface area contributed by atoms with E-state index in [4.69, 9.17) is 5.84 Å². The lowest BCUT2D eigenvalue weighted by molar-refractivity contribution is 0.619. The van der Waals surface area contributed by atoms with Crippen molar-refractivity contribution in [3.8, 4) is 0 Å². The molecule has 0 saturated heterocycles. The summed E-state index contributed by atoms with van der Waals surface area (Å²) in [5, 5.41) is 1.10. The number of aromatic nitrogens is 3. The van der Waals surface area contributed by atoms with Crippen LogP contribution in [0.1, 0.15) is 17.3 Å². The highest BCUT2D eigenvalue weighted by atomic mass is 15.2. The van der Waals surface area contributed by atoms with Crippen molar-refractivity contribution >= 4 is 10.9 Å². The van der Waals surface area contributed by atoms with Crippen molar-refractivity contribution in [1.29, 1.82) is 0 Å². The molecule has 0 aliphatic carbocycles. The summed E-state index contributed by atoms with van der Waals surface area (Å²) in [6.45, 7) is 0. The van der Waals surface area contributed by atoms with E-state index in [1.165, 1.54) is 6.33 Å². The first-order valence-electron chi connectivity index (χ1n) is 5.95. The first kappa shape index (κ1) is 11.7. The van der Waals surface area contributed by atoms with Gasteiger partial charge < -0.3 is 0 Å². The summed E-state index contributed by atoms with van der Waals surface area (Å²) in [7, 11) is 0. The Hall–Kier alpha value is -2.37. The number of nitrogens with zero attached hydrogens (tertiary/aromatic N) is 3. The smallest absolute Gasteiger partial charge is 0.115 e. The van der Waals surface area contributed by atoms with Gasteiger partial charge in [-0.05, 0) is 23.8 Å². The Balaban J connectivity index is 2.06. The molecule has 5 nitrogen and oxygen atoms in total. The van der Waals surface area contributed by atoms with Crippen LogP contribution in [0, 0.1) is 0 Å². The molecule has 0 saturated carbocycles. The highest BCUT2D eigenvalue weighted by Gasteiger charge is 2.13. The maximum Gasteiger partial charge on any atom is 0.115 e. The molecule has 0 fully saturated rings. The number of fused-ring (bicyclic) bond motifs is 1. The standard InChI is InChI=1S/C14H13N5/c15-19-14(12-5-7-16-9-18-12)11-4-3-10-2-1-6-17-13(10)8-11/h1-9,14,19H,15H2.